The maximum absolute atomic E-state index is 14.4. The van der Waals surface area contributed by atoms with Gasteiger partial charge in [0.2, 0.25) is 0 Å². The van der Waals surface area contributed by atoms with E-state index in [1.54, 1.807) is 14.2 Å². The molecule has 2 unspecified atom stereocenters. The predicted molar refractivity (Wildman–Crippen MR) is 146 cm³/mol. The zero-order chi connectivity index (χ0) is 25.5. The van der Waals surface area contributed by atoms with E-state index in [-0.39, 0.29) is 5.78 Å². The van der Waals surface area contributed by atoms with Crippen LogP contribution in [0.25, 0.3) is 0 Å². The molecule has 0 bridgehead atoms. The van der Waals surface area contributed by atoms with Gasteiger partial charge in [0.15, 0.2) is 0 Å². The number of anilines is 2. The van der Waals surface area contributed by atoms with Gasteiger partial charge >= 0.3 is 0 Å². The minimum absolute atomic E-state index is 0.0810. The maximum Gasteiger partial charge on any atom is 0.148 e. The number of hydrogen-bond donors (Lipinski definition) is 2. The van der Waals surface area contributed by atoms with Gasteiger partial charge in [0.25, 0.3) is 0 Å². The Labute approximate surface area is 212 Å². The molecule has 0 spiro atoms. The second-order valence-corrected chi connectivity index (χ2v) is 8.87. The summed E-state index contributed by atoms with van der Waals surface area (Å²) in [7, 11) is 3.28. The Bertz CT molecular complexity index is 1200. The Balaban J connectivity index is 1.76. The lowest BCUT2D eigenvalue weighted by molar-refractivity contribution is -0.122. The Kier molecular flexibility index (Phi) is 7.91. The van der Waals surface area contributed by atoms with E-state index < -0.39 is 11.8 Å². The van der Waals surface area contributed by atoms with Crippen LogP contribution in [0.5, 0.6) is 11.5 Å². The normalized spacial score (nSPS) is 12.5. The number of carbonyl (C=O) groups excluding carboxylic acids is 1. The molecule has 4 rings (SSSR count). The van der Waals surface area contributed by atoms with Crippen LogP contribution >= 0.6 is 0 Å². The molecule has 4 aromatic carbocycles. The van der Waals surface area contributed by atoms with E-state index in [9.17, 15) is 4.79 Å². The number of Topliss-reactive ketones (excluding diaryl/α,β-unsaturated/α-hetero) is 1. The highest BCUT2D eigenvalue weighted by molar-refractivity contribution is 5.94. The summed E-state index contributed by atoms with van der Waals surface area (Å²) in [6, 6.07) is 30.8. The topological polar surface area (TPSA) is 87.6 Å². The van der Waals surface area contributed by atoms with Crippen molar-refractivity contribution in [3.05, 3.63) is 119 Å². The van der Waals surface area contributed by atoms with Crippen LogP contribution in [0.3, 0.4) is 0 Å². The molecule has 0 radical (unpaired) electrons. The van der Waals surface area contributed by atoms with Gasteiger partial charge in [-0.3, -0.25) is 4.79 Å². The van der Waals surface area contributed by atoms with Crippen LogP contribution in [-0.2, 0) is 17.6 Å². The average molecular weight is 481 g/mol. The molecule has 0 aliphatic heterocycles. The second kappa shape index (κ2) is 11.5. The summed E-state index contributed by atoms with van der Waals surface area (Å²) in [5, 5.41) is 0. The largest absolute Gasteiger partial charge is 0.497 e. The smallest absolute Gasteiger partial charge is 0.148 e. The third kappa shape index (κ3) is 5.69. The maximum atomic E-state index is 14.4. The Morgan fingerprint density at radius 2 is 0.972 bits per heavy atom. The number of rotatable bonds is 10. The standard InChI is InChI=1S/C31H32N2O3/c1-35-23-15-11-21(12-16-23)19-27(25-7-3-5-9-29(25)32)31(34)28(26-8-4-6-10-30(26)33)20-22-13-17-24(36-2)18-14-22/h3-18,27-28H,19-20,32-33H2,1-2H3. The van der Waals surface area contributed by atoms with Crippen molar-refractivity contribution >= 4 is 17.2 Å². The summed E-state index contributed by atoms with van der Waals surface area (Å²) in [6.45, 7) is 0. The lowest BCUT2D eigenvalue weighted by atomic mass is 9.77. The summed E-state index contributed by atoms with van der Waals surface area (Å²) in [6.07, 6.45) is 1.03. The number of carbonyl (C=O) groups is 1. The van der Waals surface area contributed by atoms with Crippen LogP contribution in [0.2, 0.25) is 0 Å². The minimum Gasteiger partial charge on any atom is -0.497 e. The van der Waals surface area contributed by atoms with E-state index in [1.165, 1.54) is 0 Å². The van der Waals surface area contributed by atoms with Gasteiger partial charge in [-0.15, -0.1) is 0 Å². The molecule has 0 saturated heterocycles. The highest BCUT2D eigenvalue weighted by Gasteiger charge is 2.32. The zero-order valence-corrected chi connectivity index (χ0v) is 20.7. The predicted octanol–water partition coefficient (Wildman–Crippen LogP) is 5.79. The summed E-state index contributed by atoms with van der Waals surface area (Å²) in [4.78, 5) is 14.4. The van der Waals surface area contributed by atoms with Crippen molar-refractivity contribution in [1.82, 2.24) is 0 Å². The van der Waals surface area contributed by atoms with Crippen molar-refractivity contribution in [2.45, 2.75) is 24.7 Å². The molecule has 0 aliphatic carbocycles. The number of para-hydroxylation sites is 2. The number of nitrogen functional groups attached to an aromatic ring is 2. The van der Waals surface area contributed by atoms with Crippen LogP contribution in [0.15, 0.2) is 97.1 Å². The fourth-order valence-corrected chi connectivity index (χ4v) is 4.62. The van der Waals surface area contributed by atoms with Crippen molar-refractivity contribution in [3.8, 4) is 11.5 Å². The highest BCUT2D eigenvalue weighted by Crippen LogP contribution is 2.36. The van der Waals surface area contributed by atoms with Gasteiger partial charge < -0.3 is 20.9 Å². The highest BCUT2D eigenvalue weighted by atomic mass is 16.5. The summed E-state index contributed by atoms with van der Waals surface area (Å²) in [5.41, 5.74) is 17.7. The van der Waals surface area contributed by atoms with Gasteiger partial charge in [0.05, 0.1) is 14.2 Å². The Morgan fingerprint density at radius 1 is 0.611 bits per heavy atom. The molecule has 2 atom stereocenters. The van der Waals surface area contributed by atoms with Crippen molar-refractivity contribution in [2.24, 2.45) is 0 Å². The second-order valence-electron chi connectivity index (χ2n) is 8.87. The molecule has 4 aromatic rings. The first-order valence-electron chi connectivity index (χ1n) is 12.0. The molecular weight excluding hydrogens is 448 g/mol. The molecule has 184 valence electrons. The molecular formula is C31H32N2O3. The zero-order valence-electron chi connectivity index (χ0n) is 20.7. The quantitative estimate of drug-likeness (QED) is 0.281. The SMILES string of the molecule is COc1ccc(CC(C(=O)C(Cc2ccc(OC)cc2)c2ccccc2N)c2ccccc2N)cc1. The first-order chi connectivity index (χ1) is 17.5. The summed E-state index contributed by atoms with van der Waals surface area (Å²) in [5.74, 6) is 0.743. The summed E-state index contributed by atoms with van der Waals surface area (Å²) < 4.78 is 10.6. The fraction of sp³-hybridized carbons (Fsp3) is 0.194. The van der Waals surface area contributed by atoms with Crippen molar-refractivity contribution in [2.75, 3.05) is 25.7 Å². The molecule has 5 nitrogen and oxygen atoms in total. The van der Waals surface area contributed by atoms with E-state index in [4.69, 9.17) is 20.9 Å². The fourth-order valence-electron chi connectivity index (χ4n) is 4.62. The lowest BCUT2D eigenvalue weighted by Crippen LogP contribution is -2.25. The van der Waals surface area contributed by atoms with Gasteiger partial charge in [-0.05, 0) is 71.5 Å². The molecule has 0 amide bonds. The first-order valence-corrected chi connectivity index (χ1v) is 12.0. The molecule has 0 aliphatic rings. The van der Waals surface area contributed by atoms with Gasteiger partial charge in [-0.25, -0.2) is 0 Å². The van der Waals surface area contributed by atoms with Gasteiger partial charge in [0, 0.05) is 23.2 Å². The Hall–Kier alpha value is -4.25. The molecule has 0 fully saturated rings. The minimum atomic E-state index is -0.442. The number of benzene rings is 4. The van der Waals surface area contributed by atoms with E-state index >= 15 is 0 Å². The number of ether oxygens (including phenoxy) is 2. The molecule has 0 saturated carbocycles. The van der Waals surface area contributed by atoms with E-state index in [2.05, 4.69) is 0 Å². The molecule has 5 heteroatoms. The van der Waals surface area contributed by atoms with Crippen LogP contribution in [0.4, 0.5) is 11.4 Å². The molecule has 4 N–H and O–H groups in total. The molecule has 0 heterocycles. The van der Waals surface area contributed by atoms with Crippen LogP contribution in [0.1, 0.15) is 34.1 Å². The van der Waals surface area contributed by atoms with E-state index in [0.717, 1.165) is 33.8 Å². The number of methoxy groups -OCH3 is 2. The summed E-state index contributed by atoms with van der Waals surface area (Å²) >= 11 is 0. The van der Waals surface area contributed by atoms with Crippen molar-refractivity contribution in [3.63, 3.8) is 0 Å². The van der Waals surface area contributed by atoms with E-state index in [0.29, 0.717) is 24.2 Å². The van der Waals surface area contributed by atoms with Gasteiger partial charge in [-0.2, -0.15) is 0 Å². The van der Waals surface area contributed by atoms with Gasteiger partial charge in [-0.1, -0.05) is 60.7 Å². The van der Waals surface area contributed by atoms with Crippen LogP contribution in [0, 0.1) is 0 Å². The monoisotopic (exact) mass is 480 g/mol. The van der Waals surface area contributed by atoms with Crippen LogP contribution < -0.4 is 20.9 Å². The van der Waals surface area contributed by atoms with Crippen LogP contribution in [-0.4, -0.2) is 20.0 Å². The lowest BCUT2D eigenvalue weighted by Gasteiger charge is -2.26. The Morgan fingerprint density at radius 3 is 1.31 bits per heavy atom. The van der Waals surface area contributed by atoms with Crippen molar-refractivity contribution in [1.29, 1.82) is 0 Å². The first kappa shape index (κ1) is 24.9. The number of hydrogen-bond acceptors (Lipinski definition) is 5. The van der Waals surface area contributed by atoms with Crippen molar-refractivity contribution < 1.29 is 14.3 Å². The van der Waals surface area contributed by atoms with E-state index in [1.807, 2.05) is 97.1 Å². The molecule has 36 heavy (non-hydrogen) atoms. The third-order valence-electron chi connectivity index (χ3n) is 6.63. The van der Waals surface area contributed by atoms with Gasteiger partial charge in [0.1, 0.15) is 17.3 Å². The average Bonchev–Trinajstić information content (AvgIpc) is 2.92. The number of nitrogens with two attached hydrogens (primary N) is 2. The molecule has 0 aromatic heterocycles. The number of ketones is 1. The third-order valence-corrected chi connectivity index (χ3v) is 6.63.